The van der Waals surface area contributed by atoms with Gasteiger partial charge in [-0.05, 0) is 58.1 Å². The van der Waals surface area contributed by atoms with Crippen LogP contribution >= 0.6 is 11.3 Å². The van der Waals surface area contributed by atoms with Crippen molar-refractivity contribution < 1.29 is 26.3 Å². The molecule has 2 aromatic carbocycles. The van der Waals surface area contributed by atoms with Crippen molar-refractivity contribution >= 4 is 36.4 Å². The number of pyridine rings is 1. The maximum absolute atomic E-state index is 14.2. The van der Waals surface area contributed by atoms with Crippen LogP contribution in [-0.4, -0.2) is 40.4 Å². The van der Waals surface area contributed by atoms with Crippen LogP contribution in [0, 0.1) is 6.92 Å². The van der Waals surface area contributed by atoms with Crippen LogP contribution < -0.4 is 9.04 Å². The molecular weight excluding hydrogens is 529 g/mol. The predicted molar refractivity (Wildman–Crippen MR) is 130 cm³/mol. The van der Waals surface area contributed by atoms with E-state index in [9.17, 15) is 21.6 Å². The van der Waals surface area contributed by atoms with Crippen molar-refractivity contribution in [2.75, 3.05) is 4.31 Å². The van der Waals surface area contributed by atoms with Crippen LogP contribution in [0.2, 0.25) is 0 Å². The fourth-order valence-electron chi connectivity index (χ4n) is 3.80. The van der Waals surface area contributed by atoms with Crippen molar-refractivity contribution in [2.24, 2.45) is 0 Å². The Hall–Kier alpha value is -4.04. The smallest absolute Gasteiger partial charge is 0.406 e. The van der Waals surface area contributed by atoms with Crippen molar-refractivity contribution in [2.45, 2.75) is 24.7 Å². The lowest BCUT2D eigenvalue weighted by atomic mass is 10.2. The molecule has 0 aliphatic carbocycles. The molecule has 0 unspecified atom stereocenters. The van der Waals surface area contributed by atoms with Gasteiger partial charge in [-0.25, -0.2) is 13.5 Å². The first-order valence-electron chi connectivity index (χ1n) is 10.7. The minimum Gasteiger partial charge on any atom is -0.406 e. The molecular formula is C23H17F3N6O3S2. The topological polar surface area (TPSA) is 114 Å². The fraction of sp³-hybridized carbons (Fsp3) is 0.130. The third-order valence-electron chi connectivity index (χ3n) is 5.48. The number of aromatic amines is 1. The highest BCUT2D eigenvalue weighted by molar-refractivity contribution is 7.93. The van der Waals surface area contributed by atoms with Gasteiger partial charge in [0.1, 0.15) is 15.6 Å². The largest absolute Gasteiger partial charge is 0.573 e. The molecule has 0 spiro atoms. The van der Waals surface area contributed by atoms with Crippen LogP contribution in [0.25, 0.3) is 21.5 Å². The molecule has 190 valence electrons. The Labute approximate surface area is 212 Å². The van der Waals surface area contributed by atoms with E-state index in [1.807, 2.05) is 31.2 Å². The molecule has 3 aromatic heterocycles. The lowest BCUT2D eigenvalue weighted by Gasteiger charge is -2.25. The van der Waals surface area contributed by atoms with Crippen molar-refractivity contribution in [3.05, 3.63) is 78.1 Å². The van der Waals surface area contributed by atoms with E-state index >= 15 is 0 Å². The third-order valence-corrected chi connectivity index (χ3v) is 8.67. The molecule has 0 aliphatic rings. The van der Waals surface area contributed by atoms with Gasteiger partial charge in [0.05, 0.1) is 6.54 Å². The second-order valence-corrected chi connectivity index (χ2v) is 10.7. The number of sulfonamides is 1. The first-order chi connectivity index (χ1) is 17.6. The summed E-state index contributed by atoms with van der Waals surface area (Å²) in [5.74, 6) is -0.265. The number of nitrogens with zero attached hydrogens (tertiary/aromatic N) is 5. The first-order valence-corrected chi connectivity index (χ1v) is 12.9. The molecule has 9 nitrogen and oxygen atoms in total. The summed E-state index contributed by atoms with van der Waals surface area (Å²) in [5.41, 5.74) is 1.41. The van der Waals surface area contributed by atoms with Gasteiger partial charge in [0.25, 0.3) is 10.0 Å². The number of benzene rings is 2. The number of aryl methyl sites for hydroxylation is 1. The number of alkyl halides is 3. The van der Waals surface area contributed by atoms with Crippen molar-refractivity contribution in [1.82, 2.24) is 25.6 Å². The summed E-state index contributed by atoms with van der Waals surface area (Å²) in [4.78, 5) is 3.87. The molecule has 0 aliphatic heterocycles. The summed E-state index contributed by atoms with van der Waals surface area (Å²) in [6.07, 6.45) is -2.20. The number of nitrogens with one attached hydrogen (secondary N) is 1. The maximum Gasteiger partial charge on any atom is 0.573 e. The molecule has 0 saturated heterocycles. The van der Waals surface area contributed by atoms with Gasteiger partial charge in [0.15, 0.2) is 5.82 Å². The number of halogens is 3. The molecule has 5 rings (SSSR count). The molecule has 0 atom stereocenters. The van der Waals surface area contributed by atoms with E-state index < -0.39 is 22.1 Å². The van der Waals surface area contributed by atoms with E-state index in [2.05, 4.69) is 30.3 Å². The van der Waals surface area contributed by atoms with E-state index in [0.717, 1.165) is 27.8 Å². The van der Waals surface area contributed by atoms with Gasteiger partial charge >= 0.3 is 6.36 Å². The standard InChI is InChI=1S/C23H17F3N6O3S2/c1-14-17-4-2-3-5-19(17)36-22(14)32(13-15-6-8-16(9-7-15)35-23(24,25)26)37(33,34)20-12-27-11-10-18(20)21-28-30-31-29-21/h2-12H,13H2,1H3,(H,28,29,30,31). The predicted octanol–water partition coefficient (Wildman–Crippen LogP) is 5.08. The van der Waals surface area contributed by atoms with E-state index in [-0.39, 0.29) is 22.8 Å². The average Bonchev–Trinajstić information content (AvgIpc) is 3.51. The lowest BCUT2D eigenvalue weighted by molar-refractivity contribution is -0.274. The minimum absolute atomic E-state index is 0.137. The summed E-state index contributed by atoms with van der Waals surface area (Å²) in [5, 5.41) is 14.8. The number of anilines is 1. The number of hydrogen-bond donors (Lipinski definition) is 1. The summed E-state index contributed by atoms with van der Waals surface area (Å²) in [7, 11) is -4.26. The summed E-state index contributed by atoms with van der Waals surface area (Å²) >= 11 is 1.29. The Morgan fingerprint density at radius 2 is 1.84 bits per heavy atom. The SMILES string of the molecule is Cc1c(N(Cc2ccc(OC(F)(F)F)cc2)S(=O)(=O)c2cnccc2-c2nnn[nH]2)sc2ccccc12. The van der Waals surface area contributed by atoms with E-state index in [1.165, 1.54) is 46.2 Å². The first kappa shape index (κ1) is 24.6. The molecule has 0 saturated carbocycles. The Morgan fingerprint density at radius 1 is 1.08 bits per heavy atom. The Bertz CT molecular complexity index is 1650. The van der Waals surface area contributed by atoms with Gasteiger partial charge in [-0.1, -0.05) is 30.3 Å². The quantitative estimate of drug-likeness (QED) is 0.303. The molecule has 0 amide bonds. The van der Waals surface area contributed by atoms with Crippen molar-refractivity contribution in [3.63, 3.8) is 0 Å². The molecule has 0 fully saturated rings. The highest BCUT2D eigenvalue weighted by Crippen LogP contribution is 2.41. The molecule has 0 radical (unpaired) electrons. The monoisotopic (exact) mass is 546 g/mol. The fourth-order valence-corrected chi connectivity index (χ4v) is 6.87. The molecule has 1 N–H and O–H groups in total. The number of aromatic nitrogens is 5. The summed E-state index contributed by atoms with van der Waals surface area (Å²) in [6, 6.07) is 14.0. The van der Waals surface area contributed by atoms with E-state index in [4.69, 9.17) is 0 Å². The average molecular weight is 547 g/mol. The van der Waals surface area contributed by atoms with Gasteiger partial charge in [-0.3, -0.25) is 9.29 Å². The van der Waals surface area contributed by atoms with Crippen LogP contribution in [0.15, 0.2) is 71.9 Å². The minimum atomic E-state index is -4.84. The molecule has 3 heterocycles. The normalized spacial score (nSPS) is 12.1. The van der Waals surface area contributed by atoms with E-state index in [0.29, 0.717) is 10.6 Å². The zero-order valence-electron chi connectivity index (χ0n) is 19.0. The van der Waals surface area contributed by atoms with Crippen LogP contribution in [-0.2, 0) is 16.6 Å². The molecule has 37 heavy (non-hydrogen) atoms. The van der Waals surface area contributed by atoms with Crippen LogP contribution in [0.5, 0.6) is 5.75 Å². The van der Waals surface area contributed by atoms with Crippen LogP contribution in [0.4, 0.5) is 18.2 Å². The Morgan fingerprint density at radius 3 is 2.51 bits per heavy atom. The second-order valence-electron chi connectivity index (χ2n) is 7.85. The maximum atomic E-state index is 14.2. The Kier molecular flexibility index (Phi) is 6.29. The molecule has 5 aromatic rings. The zero-order valence-corrected chi connectivity index (χ0v) is 20.6. The third kappa shape index (κ3) is 4.97. The van der Waals surface area contributed by atoms with Gasteiger partial charge in [-0.2, -0.15) is 0 Å². The number of rotatable bonds is 7. The molecule has 14 heteroatoms. The highest BCUT2D eigenvalue weighted by Gasteiger charge is 2.33. The number of hydrogen-bond acceptors (Lipinski definition) is 8. The number of tetrazole rings is 1. The van der Waals surface area contributed by atoms with Gasteiger partial charge in [-0.15, -0.1) is 29.6 Å². The zero-order chi connectivity index (χ0) is 26.2. The summed E-state index contributed by atoms with van der Waals surface area (Å²) < 4.78 is 72.1. The summed E-state index contributed by atoms with van der Waals surface area (Å²) in [6.45, 7) is 1.66. The second kappa shape index (κ2) is 9.44. The number of fused-ring (bicyclic) bond motifs is 1. The van der Waals surface area contributed by atoms with Crippen LogP contribution in [0.3, 0.4) is 0 Å². The van der Waals surface area contributed by atoms with Gasteiger partial charge in [0, 0.05) is 22.7 Å². The van der Waals surface area contributed by atoms with Gasteiger partial charge in [0.2, 0.25) is 0 Å². The van der Waals surface area contributed by atoms with Crippen molar-refractivity contribution in [1.29, 1.82) is 0 Å². The molecule has 0 bridgehead atoms. The highest BCUT2D eigenvalue weighted by atomic mass is 32.2. The van der Waals surface area contributed by atoms with E-state index in [1.54, 1.807) is 0 Å². The lowest BCUT2D eigenvalue weighted by Crippen LogP contribution is -2.31. The Balaban J connectivity index is 1.62. The number of ether oxygens (including phenoxy) is 1. The van der Waals surface area contributed by atoms with Crippen molar-refractivity contribution in [3.8, 4) is 17.1 Å². The van der Waals surface area contributed by atoms with Gasteiger partial charge < -0.3 is 4.74 Å². The number of H-pyrrole nitrogens is 1. The number of thiophene rings is 1. The van der Waals surface area contributed by atoms with Crippen LogP contribution in [0.1, 0.15) is 11.1 Å².